The molecule has 0 aromatic rings. The minimum atomic E-state index is -0.763. The van der Waals surface area contributed by atoms with E-state index in [-0.39, 0.29) is 12.5 Å². The van der Waals surface area contributed by atoms with E-state index >= 15 is 0 Å². The van der Waals surface area contributed by atoms with E-state index in [1.165, 1.54) is 19.3 Å². The van der Waals surface area contributed by atoms with Crippen molar-refractivity contribution in [3.8, 4) is 11.8 Å². The zero-order valence-electron chi connectivity index (χ0n) is 14.5. The second-order valence-corrected chi connectivity index (χ2v) is 5.71. The van der Waals surface area contributed by atoms with Crippen LogP contribution in [0.1, 0.15) is 77.6 Å². The maximum Gasteiger partial charge on any atom is 0.303 e. The van der Waals surface area contributed by atoms with Gasteiger partial charge in [0, 0.05) is 19.3 Å². The Labute approximate surface area is 141 Å². The van der Waals surface area contributed by atoms with Crippen molar-refractivity contribution in [3.63, 3.8) is 0 Å². The van der Waals surface area contributed by atoms with Gasteiger partial charge in [-0.25, -0.2) is 0 Å². The van der Waals surface area contributed by atoms with Crippen LogP contribution in [-0.2, 0) is 4.79 Å². The Morgan fingerprint density at radius 2 is 1.83 bits per heavy atom. The predicted octanol–water partition coefficient (Wildman–Crippen LogP) is 4.86. The summed E-state index contributed by atoms with van der Waals surface area (Å²) in [7, 11) is 0. The summed E-state index contributed by atoms with van der Waals surface area (Å²) in [5, 5.41) is 18.3. The number of allylic oxidation sites excluding steroid dienone is 3. The fraction of sp³-hybridized carbons (Fsp3) is 0.650. The second kappa shape index (κ2) is 16.8. The van der Waals surface area contributed by atoms with Gasteiger partial charge in [-0.1, -0.05) is 50.0 Å². The number of carbonyl (C=O) groups is 1. The van der Waals surface area contributed by atoms with E-state index < -0.39 is 5.97 Å². The lowest BCUT2D eigenvalue weighted by Gasteiger charge is -2.04. The van der Waals surface area contributed by atoms with Crippen LogP contribution in [-0.4, -0.2) is 22.3 Å². The number of unbranched alkanes of at least 4 members (excludes halogenated alkanes) is 4. The van der Waals surface area contributed by atoms with Crippen molar-refractivity contribution in [1.82, 2.24) is 0 Å². The first kappa shape index (κ1) is 21.5. The van der Waals surface area contributed by atoms with Crippen LogP contribution in [0.4, 0.5) is 0 Å². The number of aliphatic carboxylic acids is 1. The van der Waals surface area contributed by atoms with Crippen molar-refractivity contribution < 1.29 is 15.0 Å². The summed E-state index contributed by atoms with van der Waals surface area (Å²) >= 11 is 0. The van der Waals surface area contributed by atoms with E-state index in [9.17, 15) is 9.90 Å². The van der Waals surface area contributed by atoms with Gasteiger partial charge in [0.25, 0.3) is 0 Å². The van der Waals surface area contributed by atoms with E-state index in [1.54, 1.807) is 0 Å². The lowest BCUT2D eigenvalue weighted by atomic mass is 10.1. The molecular formula is C20H32O3. The van der Waals surface area contributed by atoms with Crippen molar-refractivity contribution in [3.05, 3.63) is 24.3 Å². The molecule has 130 valence electrons. The number of rotatable bonds is 13. The molecule has 0 fully saturated rings. The molecule has 0 spiro atoms. The van der Waals surface area contributed by atoms with Crippen molar-refractivity contribution in [2.75, 3.05) is 0 Å². The number of aliphatic hydroxyl groups excluding tert-OH is 1. The smallest absolute Gasteiger partial charge is 0.303 e. The third kappa shape index (κ3) is 18.4. The quantitative estimate of drug-likeness (QED) is 0.289. The Balaban J connectivity index is 3.51. The maximum absolute atomic E-state index is 10.3. The molecule has 0 saturated heterocycles. The van der Waals surface area contributed by atoms with Gasteiger partial charge in [0.05, 0.1) is 6.10 Å². The van der Waals surface area contributed by atoms with Crippen LogP contribution >= 0.6 is 0 Å². The average molecular weight is 320 g/mol. The minimum absolute atomic E-state index is 0.190. The SMILES string of the molecule is CCCCC/C=C\C[C@@H](O)CC/C=C\CC#CCCCC(=O)O. The third-order valence-electron chi connectivity index (χ3n) is 3.42. The van der Waals surface area contributed by atoms with Gasteiger partial charge in [0.1, 0.15) is 0 Å². The molecule has 0 bridgehead atoms. The summed E-state index contributed by atoms with van der Waals surface area (Å²) in [6.07, 6.45) is 17.5. The van der Waals surface area contributed by atoms with Gasteiger partial charge >= 0.3 is 5.97 Å². The summed E-state index contributed by atoms with van der Waals surface area (Å²) in [6, 6.07) is 0. The average Bonchev–Trinajstić information content (AvgIpc) is 2.52. The maximum atomic E-state index is 10.3. The molecule has 0 aliphatic carbocycles. The van der Waals surface area contributed by atoms with Crippen LogP contribution in [0.15, 0.2) is 24.3 Å². The lowest BCUT2D eigenvalue weighted by molar-refractivity contribution is -0.137. The van der Waals surface area contributed by atoms with Crippen molar-refractivity contribution >= 4 is 5.97 Å². The van der Waals surface area contributed by atoms with Crippen LogP contribution in [0.25, 0.3) is 0 Å². The normalized spacial score (nSPS) is 12.4. The second-order valence-electron chi connectivity index (χ2n) is 5.71. The summed E-state index contributed by atoms with van der Waals surface area (Å²) < 4.78 is 0. The minimum Gasteiger partial charge on any atom is -0.481 e. The van der Waals surface area contributed by atoms with Gasteiger partial charge in [-0.05, 0) is 38.5 Å². The Hall–Kier alpha value is -1.53. The van der Waals surface area contributed by atoms with Crippen LogP contribution in [0, 0.1) is 11.8 Å². The number of aliphatic hydroxyl groups is 1. The number of carboxylic acids is 1. The molecule has 3 nitrogen and oxygen atoms in total. The molecule has 0 aromatic carbocycles. The highest BCUT2D eigenvalue weighted by Gasteiger charge is 1.98. The highest BCUT2D eigenvalue weighted by Crippen LogP contribution is 2.06. The zero-order valence-corrected chi connectivity index (χ0v) is 14.5. The van der Waals surface area contributed by atoms with Gasteiger partial charge in [-0.2, -0.15) is 0 Å². The Kier molecular flexibility index (Phi) is 15.7. The molecule has 0 heterocycles. The molecule has 2 N–H and O–H groups in total. The van der Waals surface area contributed by atoms with Crippen LogP contribution < -0.4 is 0 Å². The van der Waals surface area contributed by atoms with E-state index in [2.05, 4.69) is 37.0 Å². The molecule has 0 aromatic heterocycles. The Morgan fingerprint density at radius 3 is 2.57 bits per heavy atom. The van der Waals surface area contributed by atoms with Crippen molar-refractivity contribution in [2.24, 2.45) is 0 Å². The van der Waals surface area contributed by atoms with Gasteiger partial charge in [0.2, 0.25) is 0 Å². The van der Waals surface area contributed by atoms with Crippen LogP contribution in [0.2, 0.25) is 0 Å². The van der Waals surface area contributed by atoms with Gasteiger partial charge in [-0.15, -0.1) is 5.92 Å². The highest BCUT2D eigenvalue weighted by molar-refractivity contribution is 5.66. The topological polar surface area (TPSA) is 57.5 Å². The van der Waals surface area contributed by atoms with E-state index in [0.717, 1.165) is 25.7 Å². The third-order valence-corrected chi connectivity index (χ3v) is 3.42. The van der Waals surface area contributed by atoms with Gasteiger partial charge in [-0.3, -0.25) is 4.79 Å². The molecular weight excluding hydrogens is 288 g/mol. The Bertz CT molecular complexity index is 399. The number of hydrogen-bond acceptors (Lipinski definition) is 2. The van der Waals surface area contributed by atoms with Crippen molar-refractivity contribution in [2.45, 2.75) is 83.7 Å². The standard InChI is InChI=1S/C20H32O3/c1-2-3-4-5-10-13-16-19(21)17-14-11-8-6-7-9-12-15-18-20(22)23/h8,10-11,13,19,21H,2-6,12,14-18H2,1H3,(H,22,23)/b11-8-,13-10-/t19-/m1/s1. The molecule has 23 heavy (non-hydrogen) atoms. The van der Waals surface area contributed by atoms with Crippen molar-refractivity contribution in [1.29, 1.82) is 0 Å². The molecule has 0 unspecified atom stereocenters. The molecule has 0 saturated carbocycles. The summed E-state index contributed by atoms with van der Waals surface area (Å²) in [5.41, 5.74) is 0. The molecule has 3 heteroatoms. The molecule has 0 radical (unpaired) electrons. The molecule has 1 atom stereocenters. The summed E-state index contributed by atoms with van der Waals surface area (Å²) in [6.45, 7) is 2.20. The number of hydrogen-bond donors (Lipinski definition) is 2. The fourth-order valence-corrected chi connectivity index (χ4v) is 2.04. The molecule has 0 rings (SSSR count). The fourth-order valence-electron chi connectivity index (χ4n) is 2.04. The van der Waals surface area contributed by atoms with E-state index in [0.29, 0.717) is 19.3 Å². The van der Waals surface area contributed by atoms with E-state index in [1.807, 2.05) is 6.08 Å². The predicted molar refractivity (Wildman–Crippen MR) is 96.2 cm³/mol. The largest absolute Gasteiger partial charge is 0.481 e. The first-order valence-electron chi connectivity index (χ1n) is 8.82. The highest BCUT2D eigenvalue weighted by atomic mass is 16.4. The van der Waals surface area contributed by atoms with Gasteiger partial charge in [0.15, 0.2) is 0 Å². The van der Waals surface area contributed by atoms with Crippen LogP contribution in [0.5, 0.6) is 0 Å². The first-order valence-corrected chi connectivity index (χ1v) is 8.82. The van der Waals surface area contributed by atoms with Gasteiger partial charge < -0.3 is 10.2 Å². The van der Waals surface area contributed by atoms with Crippen LogP contribution in [0.3, 0.4) is 0 Å². The monoisotopic (exact) mass is 320 g/mol. The molecule has 0 aliphatic rings. The summed E-state index contributed by atoms with van der Waals surface area (Å²) in [5.74, 6) is 5.21. The Morgan fingerprint density at radius 1 is 1.04 bits per heavy atom. The summed E-state index contributed by atoms with van der Waals surface area (Å²) in [4.78, 5) is 10.3. The lowest BCUT2D eigenvalue weighted by Crippen LogP contribution is -2.03. The van der Waals surface area contributed by atoms with E-state index in [4.69, 9.17) is 5.11 Å². The molecule has 0 aliphatic heterocycles. The zero-order chi connectivity index (χ0) is 17.2. The number of carboxylic acid groups (broad SMARTS) is 1. The molecule has 0 amide bonds. The first-order chi connectivity index (χ1) is 11.2.